The summed E-state index contributed by atoms with van der Waals surface area (Å²) >= 11 is 0. The molecule has 1 aromatic carbocycles. The van der Waals surface area contributed by atoms with Crippen LogP contribution in [-0.2, 0) is 11.2 Å². The molecule has 0 spiro atoms. The molecule has 1 fully saturated rings. The van der Waals surface area contributed by atoms with Gasteiger partial charge in [-0.3, -0.25) is 0 Å². The van der Waals surface area contributed by atoms with Crippen LogP contribution >= 0.6 is 0 Å². The maximum Gasteiger partial charge on any atom is 0.149 e. The van der Waals surface area contributed by atoms with Crippen molar-refractivity contribution in [2.75, 3.05) is 24.6 Å². The lowest BCUT2D eigenvalue weighted by molar-refractivity contribution is 0.0294. The standard InChI is InChI=1S/C15H22F2N2O/c1-3-12-9-20-10(2)8-19(12)15-13(16)6-11(4-5-18)7-14(15)17/h6-7,10,12H,3-5,8-9,18H2,1-2H3. The Hall–Kier alpha value is -1.20. The minimum Gasteiger partial charge on any atom is -0.375 e. The third kappa shape index (κ3) is 3.10. The predicted octanol–water partition coefficient (Wildman–Crippen LogP) is 2.47. The van der Waals surface area contributed by atoms with Crippen molar-refractivity contribution in [2.45, 2.75) is 38.8 Å². The van der Waals surface area contributed by atoms with Gasteiger partial charge in [0.1, 0.15) is 17.3 Å². The van der Waals surface area contributed by atoms with Crippen molar-refractivity contribution >= 4 is 5.69 Å². The number of hydrogen-bond acceptors (Lipinski definition) is 3. The van der Waals surface area contributed by atoms with Crippen LogP contribution in [0.1, 0.15) is 25.8 Å². The van der Waals surface area contributed by atoms with Gasteiger partial charge in [0, 0.05) is 6.54 Å². The lowest BCUT2D eigenvalue weighted by Crippen LogP contribution is -2.49. The van der Waals surface area contributed by atoms with Crippen LogP contribution in [0.15, 0.2) is 12.1 Å². The monoisotopic (exact) mass is 284 g/mol. The van der Waals surface area contributed by atoms with Crippen LogP contribution < -0.4 is 10.6 Å². The number of hydrogen-bond donors (Lipinski definition) is 1. The van der Waals surface area contributed by atoms with E-state index in [4.69, 9.17) is 10.5 Å². The zero-order chi connectivity index (χ0) is 14.7. The SMILES string of the molecule is CCC1COC(C)CN1c1c(F)cc(CCN)cc1F. The summed E-state index contributed by atoms with van der Waals surface area (Å²) in [6, 6.07) is 2.78. The van der Waals surface area contributed by atoms with E-state index in [0.717, 1.165) is 6.42 Å². The van der Waals surface area contributed by atoms with Gasteiger partial charge >= 0.3 is 0 Å². The van der Waals surface area contributed by atoms with Crippen molar-refractivity contribution in [1.29, 1.82) is 0 Å². The molecule has 2 N–H and O–H groups in total. The van der Waals surface area contributed by atoms with Gasteiger partial charge in [-0.1, -0.05) is 6.92 Å². The third-order valence-electron chi connectivity index (χ3n) is 3.74. The largest absolute Gasteiger partial charge is 0.375 e. The Morgan fingerprint density at radius 2 is 2.00 bits per heavy atom. The number of benzene rings is 1. The van der Waals surface area contributed by atoms with Gasteiger partial charge in [0.25, 0.3) is 0 Å². The lowest BCUT2D eigenvalue weighted by atomic mass is 10.1. The number of halogens is 2. The van der Waals surface area contributed by atoms with Gasteiger partial charge in [0.15, 0.2) is 0 Å². The molecule has 1 aliphatic heterocycles. The topological polar surface area (TPSA) is 38.5 Å². The van der Waals surface area contributed by atoms with Crippen LogP contribution in [0.5, 0.6) is 0 Å². The van der Waals surface area contributed by atoms with Gasteiger partial charge in [0.2, 0.25) is 0 Å². The van der Waals surface area contributed by atoms with Crippen molar-refractivity contribution in [1.82, 2.24) is 0 Å². The Morgan fingerprint density at radius 3 is 2.55 bits per heavy atom. The fourth-order valence-corrected chi connectivity index (χ4v) is 2.66. The molecule has 0 amide bonds. The number of ether oxygens (including phenoxy) is 1. The van der Waals surface area contributed by atoms with Crippen molar-refractivity contribution < 1.29 is 13.5 Å². The molecule has 1 saturated heterocycles. The van der Waals surface area contributed by atoms with Gasteiger partial charge in [-0.25, -0.2) is 8.78 Å². The Kier molecular flexibility index (Phi) is 4.94. The molecule has 0 saturated carbocycles. The van der Waals surface area contributed by atoms with E-state index < -0.39 is 11.6 Å². The molecule has 1 aromatic rings. The van der Waals surface area contributed by atoms with Crippen LogP contribution in [0.25, 0.3) is 0 Å². The molecular weight excluding hydrogens is 262 g/mol. The quantitative estimate of drug-likeness (QED) is 0.923. The minimum atomic E-state index is -0.513. The summed E-state index contributed by atoms with van der Waals surface area (Å²) in [5.41, 5.74) is 6.09. The van der Waals surface area contributed by atoms with Crippen LogP contribution in [0.4, 0.5) is 14.5 Å². The molecule has 112 valence electrons. The fourth-order valence-electron chi connectivity index (χ4n) is 2.66. The number of nitrogens with zero attached hydrogens (tertiary/aromatic N) is 1. The first-order chi connectivity index (χ1) is 9.56. The van der Waals surface area contributed by atoms with Crippen molar-refractivity contribution in [3.8, 4) is 0 Å². The van der Waals surface area contributed by atoms with E-state index in [0.29, 0.717) is 31.7 Å². The van der Waals surface area contributed by atoms with Gasteiger partial charge in [0.05, 0.1) is 18.8 Å². The van der Waals surface area contributed by atoms with E-state index in [-0.39, 0.29) is 17.8 Å². The number of nitrogens with two attached hydrogens (primary N) is 1. The first-order valence-corrected chi connectivity index (χ1v) is 7.13. The first-order valence-electron chi connectivity index (χ1n) is 7.13. The zero-order valence-corrected chi connectivity index (χ0v) is 12.0. The van der Waals surface area contributed by atoms with E-state index in [9.17, 15) is 8.78 Å². The number of rotatable bonds is 4. The fraction of sp³-hybridized carbons (Fsp3) is 0.600. The van der Waals surface area contributed by atoms with Crippen LogP contribution in [-0.4, -0.2) is 31.8 Å². The van der Waals surface area contributed by atoms with Crippen LogP contribution in [0, 0.1) is 11.6 Å². The van der Waals surface area contributed by atoms with Gasteiger partial charge in [-0.15, -0.1) is 0 Å². The molecular formula is C15H22F2N2O. The minimum absolute atomic E-state index is 0.00978. The molecule has 0 radical (unpaired) electrons. The van der Waals surface area contributed by atoms with E-state index >= 15 is 0 Å². The summed E-state index contributed by atoms with van der Waals surface area (Å²) in [5.74, 6) is -1.03. The highest BCUT2D eigenvalue weighted by Crippen LogP contribution is 2.30. The molecule has 0 aliphatic carbocycles. The molecule has 2 atom stereocenters. The molecule has 1 aliphatic rings. The molecule has 0 bridgehead atoms. The molecule has 3 nitrogen and oxygen atoms in total. The van der Waals surface area contributed by atoms with Crippen molar-refractivity contribution in [3.63, 3.8) is 0 Å². The lowest BCUT2D eigenvalue weighted by Gasteiger charge is -2.40. The molecule has 0 aromatic heterocycles. The van der Waals surface area contributed by atoms with E-state index in [1.807, 2.05) is 13.8 Å². The summed E-state index contributed by atoms with van der Waals surface area (Å²) in [5, 5.41) is 0. The molecule has 20 heavy (non-hydrogen) atoms. The second-order valence-corrected chi connectivity index (χ2v) is 5.31. The number of morpholine rings is 1. The average molecular weight is 284 g/mol. The van der Waals surface area contributed by atoms with E-state index in [1.54, 1.807) is 4.90 Å². The smallest absolute Gasteiger partial charge is 0.149 e. The second-order valence-electron chi connectivity index (χ2n) is 5.31. The summed E-state index contributed by atoms with van der Waals surface area (Å²) in [6.07, 6.45) is 1.24. The summed E-state index contributed by atoms with van der Waals surface area (Å²) in [7, 11) is 0. The van der Waals surface area contributed by atoms with Crippen LogP contribution in [0.3, 0.4) is 0 Å². The zero-order valence-electron chi connectivity index (χ0n) is 12.0. The molecule has 2 unspecified atom stereocenters. The molecule has 2 rings (SSSR count). The maximum atomic E-state index is 14.3. The van der Waals surface area contributed by atoms with Crippen molar-refractivity contribution in [2.24, 2.45) is 5.73 Å². The highest BCUT2D eigenvalue weighted by Gasteiger charge is 2.29. The Bertz CT molecular complexity index is 444. The van der Waals surface area contributed by atoms with E-state index in [1.165, 1.54) is 12.1 Å². The Morgan fingerprint density at radius 1 is 1.35 bits per heavy atom. The van der Waals surface area contributed by atoms with Gasteiger partial charge < -0.3 is 15.4 Å². The highest BCUT2D eigenvalue weighted by molar-refractivity contribution is 5.52. The van der Waals surface area contributed by atoms with Crippen molar-refractivity contribution in [3.05, 3.63) is 29.3 Å². The summed E-state index contributed by atoms with van der Waals surface area (Å²) < 4.78 is 34.2. The summed E-state index contributed by atoms with van der Waals surface area (Å²) in [6.45, 7) is 5.29. The normalized spacial score (nSPS) is 23.1. The first kappa shape index (κ1) is 15.2. The Balaban J connectivity index is 2.34. The third-order valence-corrected chi connectivity index (χ3v) is 3.74. The van der Waals surface area contributed by atoms with Gasteiger partial charge in [-0.2, -0.15) is 0 Å². The molecule has 1 heterocycles. The van der Waals surface area contributed by atoms with E-state index in [2.05, 4.69) is 0 Å². The maximum absolute atomic E-state index is 14.3. The van der Waals surface area contributed by atoms with Gasteiger partial charge in [-0.05, 0) is 44.0 Å². The Labute approximate surface area is 118 Å². The highest BCUT2D eigenvalue weighted by atomic mass is 19.1. The predicted molar refractivity (Wildman–Crippen MR) is 76.0 cm³/mol. The summed E-state index contributed by atoms with van der Waals surface area (Å²) in [4.78, 5) is 1.80. The van der Waals surface area contributed by atoms with Crippen LogP contribution in [0.2, 0.25) is 0 Å². The average Bonchev–Trinajstić information content (AvgIpc) is 2.38. The molecule has 5 heteroatoms. The number of anilines is 1. The second kappa shape index (κ2) is 6.50.